The molecular weight excluding hydrogens is 603 g/mol. The largest absolute Gasteiger partial charge is 0.291 e. The minimum Gasteiger partial charge on any atom is -0.291 e. The van der Waals surface area contributed by atoms with Crippen LogP contribution in [0.1, 0.15) is 0 Å². The van der Waals surface area contributed by atoms with Crippen molar-refractivity contribution in [2.24, 2.45) is 0 Å². The molecule has 0 atom stereocenters. The highest BCUT2D eigenvalue weighted by Crippen LogP contribution is 2.41. The molecule has 4 heterocycles. The van der Waals surface area contributed by atoms with Gasteiger partial charge in [0.2, 0.25) is 0 Å². The summed E-state index contributed by atoms with van der Waals surface area (Å²) in [5, 5.41) is 11.0. The maximum Gasteiger partial charge on any atom is 0.156 e. The second-order valence-electron chi connectivity index (χ2n) is 12.7. The lowest BCUT2D eigenvalue weighted by Gasteiger charge is -2.11. The first-order valence-corrected chi connectivity index (χ1v) is 17.0. The molecule has 222 valence electrons. The number of thiophene rings is 1. The van der Waals surface area contributed by atoms with Gasteiger partial charge in [0, 0.05) is 32.4 Å². The summed E-state index contributed by atoms with van der Waals surface area (Å²) in [4.78, 5) is 10.1. The fourth-order valence-corrected chi connectivity index (χ4v) is 8.73. The van der Waals surface area contributed by atoms with E-state index in [0.717, 1.165) is 44.4 Å². The highest BCUT2D eigenvalue weighted by atomic mass is 32.1. The third-order valence-corrected chi connectivity index (χ3v) is 11.1. The molecular formula is C44H25N3S. The third-order valence-electron chi connectivity index (χ3n) is 9.94. The Labute approximate surface area is 279 Å². The Kier molecular flexibility index (Phi) is 5.26. The summed E-state index contributed by atoms with van der Waals surface area (Å²) in [5.41, 5.74) is 8.78. The van der Waals surface area contributed by atoms with Gasteiger partial charge in [-0.15, -0.1) is 11.3 Å². The summed E-state index contributed by atoms with van der Waals surface area (Å²) in [5.74, 6) is 0. The van der Waals surface area contributed by atoms with E-state index in [0.29, 0.717) is 0 Å². The molecule has 0 unspecified atom stereocenters. The molecule has 3 nitrogen and oxygen atoms in total. The Morgan fingerprint density at radius 3 is 1.98 bits per heavy atom. The van der Waals surface area contributed by atoms with E-state index in [-0.39, 0.29) is 0 Å². The Hall–Kier alpha value is -6.10. The Balaban J connectivity index is 1.13. The Morgan fingerprint density at radius 2 is 1.15 bits per heavy atom. The van der Waals surface area contributed by atoms with Gasteiger partial charge in [-0.1, -0.05) is 103 Å². The van der Waals surface area contributed by atoms with Crippen molar-refractivity contribution < 1.29 is 0 Å². The van der Waals surface area contributed by atoms with Gasteiger partial charge in [-0.2, -0.15) is 0 Å². The average molecular weight is 628 g/mol. The fraction of sp³-hybridized carbons (Fsp3) is 0. The summed E-state index contributed by atoms with van der Waals surface area (Å²) < 4.78 is 4.88. The van der Waals surface area contributed by atoms with E-state index < -0.39 is 0 Å². The van der Waals surface area contributed by atoms with Crippen LogP contribution in [0.25, 0.3) is 102 Å². The van der Waals surface area contributed by atoms with E-state index in [2.05, 4.69) is 150 Å². The lowest BCUT2D eigenvalue weighted by molar-refractivity contribution is 1.25. The van der Waals surface area contributed by atoms with E-state index in [9.17, 15) is 0 Å². The second kappa shape index (κ2) is 9.71. The molecule has 7 aromatic carbocycles. The molecule has 0 bridgehead atoms. The highest BCUT2D eigenvalue weighted by molar-refractivity contribution is 7.26. The fourth-order valence-electron chi connectivity index (χ4n) is 7.57. The van der Waals surface area contributed by atoms with Crippen molar-refractivity contribution in [3.8, 4) is 22.4 Å². The van der Waals surface area contributed by atoms with Crippen molar-refractivity contribution in [3.05, 3.63) is 152 Å². The van der Waals surface area contributed by atoms with Crippen LogP contribution >= 0.6 is 11.3 Å². The van der Waals surface area contributed by atoms with Crippen LogP contribution in [-0.4, -0.2) is 14.4 Å². The van der Waals surface area contributed by atoms with Gasteiger partial charge >= 0.3 is 0 Å². The minimum absolute atomic E-state index is 1.01. The molecule has 0 radical (unpaired) electrons. The number of fused-ring (bicyclic) bond motifs is 12. The van der Waals surface area contributed by atoms with Crippen molar-refractivity contribution >= 4 is 91.4 Å². The molecule has 0 spiro atoms. The van der Waals surface area contributed by atoms with Crippen LogP contribution in [0.5, 0.6) is 0 Å². The van der Waals surface area contributed by atoms with Crippen LogP contribution in [0.2, 0.25) is 0 Å². The Bertz CT molecular complexity index is 3110. The lowest BCUT2D eigenvalue weighted by atomic mass is 9.99. The van der Waals surface area contributed by atoms with E-state index in [4.69, 9.17) is 9.97 Å². The molecule has 11 rings (SSSR count). The summed E-state index contributed by atoms with van der Waals surface area (Å²) in [6.07, 6.45) is 1.97. The minimum atomic E-state index is 1.01. The molecule has 0 amide bonds. The van der Waals surface area contributed by atoms with E-state index in [1.54, 1.807) is 0 Å². The third kappa shape index (κ3) is 3.75. The van der Waals surface area contributed by atoms with Crippen LogP contribution in [0.4, 0.5) is 0 Å². The molecule has 4 heteroatoms. The summed E-state index contributed by atoms with van der Waals surface area (Å²) >= 11 is 1.83. The summed E-state index contributed by atoms with van der Waals surface area (Å²) in [7, 11) is 0. The number of rotatable bonds is 2. The SMILES string of the molecule is c1ccc2cc3cc4c(cc3cc2c1)nc1c2sc3ccccc3c2cc(-c2ccc(-c3ccc5c(c3)ncc3ccccc35)cc2)n41. The van der Waals surface area contributed by atoms with Gasteiger partial charge in [0.1, 0.15) is 0 Å². The molecule has 0 fully saturated rings. The molecule has 4 aromatic heterocycles. The highest BCUT2D eigenvalue weighted by Gasteiger charge is 2.18. The number of hydrogen-bond acceptors (Lipinski definition) is 3. The van der Waals surface area contributed by atoms with Crippen molar-refractivity contribution in [3.63, 3.8) is 0 Å². The van der Waals surface area contributed by atoms with Gasteiger partial charge in [0.25, 0.3) is 0 Å². The second-order valence-corrected chi connectivity index (χ2v) is 13.7. The van der Waals surface area contributed by atoms with Crippen molar-refractivity contribution in [2.75, 3.05) is 0 Å². The molecule has 0 saturated carbocycles. The zero-order valence-corrected chi connectivity index (χ0v) is 26.5. The molecule has 0 saturated heterocycles. The predicted molar refractivity (Wildman–Crippen MR) is 204 cm³/mol. The first-order valence-electron chi connectivity index (χ1n) is 16.2. The molecule has 0 aliphatic carbocycles. The zero-order chi connectivity index (χ0) is 31.3. The maximum absolute atomic E-state index is 5.34. The van der Waals surface area contributed by atoms with Crippen molar-refractivity contribution in [1.29, 1.82) is 0 Å². The zero-order valence-electron chi connectivity index (χ0n) is 25.7. The first kappa shape index (κ1) is 26.0. The maximum atomic E-state index is 5.34. The summed E-state index contributed by atoms with van der Waals surface area (Å²) in [6, 6.07) is 52.9. The smallest absolute Gasteiger partial charge is 0.156 e. The van der Waals surface area contributed by atoms with Crippen LogP contribution in [0.15, 0.2) is 152 Å². The molecule has 0 N–H and O–H groups in total. The topological polar surface area (TPSA) is 30.2 Å². The number of hydrogen-bond donors (Lipinski definition) is 0. The molecule has 48 heavy (non-hydrogen) atoms. The van der Waals surface area contributed by atoms with E-state index in [1.807, 2.05) is 17.5 Å². The van der Waals surface area contributed by atoms with Gasteiger partial charge < -0.3 is 0 Å². The monoisotopic (exact) mass is 627 g/mol. The number of benzene rings is 7. The van der Waals surface area contributed by atoms with Crippen molar-refractivity contribution in [2.45, 2.75) is 0 Å². The molecule has 11 aromatic rings. The van der Waals surface area contributed by atoms with Crippen LogP contribution in [-0.2, 0) is 0 Å². The standard InChI is InChI=1S/C44H25N3S/c1-2-8-29-20-33-23-41-39(22-32(33)19-28(29)7-1)46-44-43-37(36-11-5-6-12-42(36)48-43)24-40(47(41)44)27-15-13-26(14-16-27)30-17-18-35-34-10-4-3-9-31(34)25-45-38(35)21-30/h1-25H. The number of pyridine rings is 2. The van der Waals surface area contributed by atoms with E-state index in [1.165, 1.54) is 58.1 Å². The number of aromatic nitrogens is 3. The predicted octanol–water partition coefficient (Wildman–Crippen LogP) is 12.2. The first-order chi connectivity index (χ1) is 23.7. The van der Waals surface area contributed by atoms with Crippen LogP contribution < -0.4 is 0 Å². The average Bonchev–Trinajstić information content (AvgIpc) is 3.71. The molecule has 0 aliphatic heterocycles. The van der Waals surface area contributed by atoms with Crippen LogP contribution in [0.3, 0.4) is 0 Å². The number of imidazole rings is 1. The lowest BCUT2D eigenvalue weighted by Crippen LogP contribution is -1.93. The van der Waals surface area contributed by atoms with Crippen LogP contribution in [0, 0.1) is 0 Å². The van der Waals surface area contributed by atoms with Gasteiger partial charge in [-0.05, 0) is 86.1 Å². The van der Waals surface area contributed by atoms with Gasteiger partial charge in [-0.25, -0.2) is 4.98 Å². The molecule has 0 aliphatic rings. The quantitative estimate of drug-likeness (QED) is 0.141. The van der Waals surface area contributed by atoms with E-state index >= 15 is 0 Å². The Morgan fingerprint density at radius 1 is 0.458 bits per heavy atom. The van der Waals surface area contributed by atoms with Crippen molar-refractivity contribution in [1.82, 2.24) is 14.4 Å². The number of nitrogens with zero attached hydrogens (tertiary/aromatic N) is 3. The van der Waals surface area contributed by atoms with Gasteiger partial charge in [0.15, 0.2) is 5.65 Å². The summed E-state index contributed by atoms with van der Waals surface area (Å²) in [6.45, 7) is 0. The van der Waals surface area contributed by atoms with Gasteiger partial charge in [0.05, 0.1) is 26.9 Å². The van der Waals surface area contributed by atoms with Gasteiger partial charge in [-0.3, -0.25) is 9.38 Å². The normalized spacial score (nSPS) is 12.2.